The molecule has 1 aromatic carbocycles. The highest BCUT2D eigenvalue weighted by atomic mass is 32.2. The van der Waals surface area contributed by atoms with Crippen molar-refractivity contribution in [1.82, 2.24) is 9.78 Å². The predicted molar refractivity (Wildman–Crippen MR) is 64.5 cm³/mol. The van der Waals surface area contributed by atoms with Crippen LogP contribution in [0.25, 0.3) is 0 Å². The molecule has 2 aromatic rings. The first-order valence-electron chi connectivity index (χ1n) is 4.90. The molecule has 0 aliphatic carbocycles. The molecule has 0 saturated heterocycles. The maximum atomic E-state index is 10.8. The van der Waals surface area contributed by atoms with E-state index in [2.05, 4.69) is 9.82 Å². The second-order valence-corrected chi connectivity index (χ2v) is 4.85. The minimum atomic E-state index is -3.74. The van der Waals surface area contributed by atoms with Crippen LogP contribution in [0, 0.1) is 0 Å². The van der Waals surface area contributed by atoms with Gasteiger partial charge in [-0.1, -0.05) is 30.3 Å². The molecule has 7 heteroatoms. The van der Waals surface area contributed by atoms with E-state index in [1.807, 2.05) is 30.3 Å². The van der Waals surface area contributed by atoms with Gasteiger partial charge in [-0.2, -0.15) is 13.5 Å². The summed E-state index contributed by atoms with van der Waals surface area (Å²) in [4.78, 5) is 0. The maximum absolute atomic E-state index is 10.8. The van der Waals surface area contributed by atoms with Crippen LogP contribution in [-0.2, 0) is 16.8 Å². The van der Waals surface area contributed by atoms with Gasteiger partial charge in [-0.3, -0.25) is 9.40 Å². The van der Waals surface area contributed by atoms with E-state index in [0.717, 1.165) is 5.56 Å². The van der Waals surface area contributed by atoms with E-state index in [1.165, 1.54) is 6.20 Å². The first-order valence-corrected chi connectivity index (χ1v) is 6.44. The van der Waals surface area contributed by atoms with Crippen molar-refractivity contribution in [2.45, 2.75) is 6.54 Å². The van der Waals surface area contributed by atoms with Crippen LogP contribution in [0.5, 0.6) is 0 Å². The zero-order valence-electron chi connectivity index (χ0n) is 8.95. The fraction of sp³-hybridized carbons (Fsp3) is 0.100. The molecule has 17 heavy (non-hydrogen) atoms. The van der Waals surface area contributed by atoms with Gasteiger partial charge < -0.3 is 0 Å². The Labute approximate surface area is 99.2 Å². The number of nitrogens with zero attached hydrogens (tertiary/aromatic N) is 2. The lowest BCUT2D eigenvalue weighted by atomic mass is 10.2. The predicted octanol–water partition coefficient (Wildman–Crippen LogP) is 0.547. The van der Waals surface area contributed by atoms with Crippen LogP contribution in [0.2, 0.25) is 0 Å². The molecular weight excluding hydrogens is 240 g/mol. The van der Waals surface area contributed by atoms with Gasteiger partial charge in [-0.05, 0) is 5.56 Å². The zero-order chi connectivity index (χ0) is 12.3. The molecule has 0 spiro atoms. The van der Waals surface area contributed by atoms with E-state index in [-0.39, 0.29) is 0 Å². The fourth-order valence-corrected chi connectivity index (χ4v) is 1.87. The van der Waals surface area contributed by atoms with Gasteiger partial charge >= 0.3 is 0 Å². The summed E-state index contributed by atoms with van der Waals surface area (Å²) >= 11 is 0. The van der Waals surface area contributed by atoms with Gasteiger partial charge in [-0.15, -0.1) is 0 Å². The van der Waals surface area contributed by atoms with Crippen molar-refractivity contribution in [1.29, 1.82) is 0 Å². The third-order valence-electron chi connectivity index (χ3n) is 2.08. The van der Waals surface area contributed by atoms with Gasteiger partial charge in [0.2, 0.25) is 0 Å². The Hall–Kier alpha value is -1.86. The van der Waals surface area contributed by atoms with Crippen molar-refractivity contribution < 1.29 is 8.42 Å². The van der Waals surface area contributed by atoms with Crippen molar-refractivity contribution >= 4 is 15.9 Å². The van der Waals surface area contributed by atoms with E-state index in [4.69, 9.17) is 5.14 Å². The molecule has 1 heterocycles. The summed E-state index contributed by atoms with van der Waals surface area (Å²) in [6, 6.07) is 9.73. The van der Waals surface area contributed by atoms with E-state index >= 15 is 0 Å². The van der Waals surface area contributed by atoms with E-state index < -0.39 is 10.2 Å². The molecule has 2 rings (SSSR count). The maximum Gasteiger partial charge on any atom is 0.296 e. The molecule has 1 aromatic heterocycles. The molecule has 3 N–H and O–H groups in total. The number of aromatic nitrogens is 2. The molecule has 0 bridgehead atoms. The van der Waals surface area contributed by atoms with Gasteiger partial charge in [-0.25, -0.2) is 5.14 Å². The summed E-state index contributed by atoms with van der Waals surface area (Å²) < 4.78 is 25.4. The lowest BCUT2D eigenvalue weighted by Gasteiger charge is -2.01. The van der Waals surface area contributed by atoms with Crippen LogP contribution >= 0.6 is 0 Å². The van der Waals surface area contributed by atoms with Crippen LogP contribution in [0.4, 0.5) is 5.69 Å². The van der Waals surface area contributed by atoms with Crippen LogP contribution in [-0.4, -0.2) is 18.2 Å². The topological polar surface area (TPSA) is 90.0 Å². The SMILES string of the molecule is NS(=O)(=O)Nc1cnn(Cc2ccccc2)c1. The Bertz CT molecular complexity index is 592. The summed E-state index contributed by atoms with van der Waals surface area (Å²) in [5.41, 5.74) is 1.43. The minimum Gasteiger partial charge on any atom is -0.268 e. The molecule has 0 aliphatic heterocycles. The summed E-state index contributed by atoms with van der Waals surface area (Å²) in [5.74, 6) is 0. The normalized spacial score (nSPS) is 11.4. The van der Waals surface area contributed by atoms with Gasteiger partial charge in [0.25, 0.3) is 10.2 Å². The van der Waals surface area contributed by atoms with Crippen molar-refractivity contribution in [2.24, 2.45) is 5.14 Å². The third kappa shape index (κ3) is 3.58. The summed E-state index contributed by atoms with van der Waals surface area (Å²) in [7, 11) is -3.74. The molecule has 0 unspecified atom stereocenters. The van der Waals surface area contributed by atoms with Gasteiger partial charge in [0.15, 0.2) is 0 Å². The average molecular weight is 252 g/mol. The van der Waals surface area contributed by atoms with Crippen LogP contribution in [0.1, 0.15) is 5.56 Å². The van der Waals surface area contributed by atoms with Crippen molar-refractivity contribution in [3.8, 4) is 0 Å². The minimum absolute atomic E-state index is 0.350. The highest BCUT2D eigenvalue weighted by molar-refractivity contribution is 7.90. The zero-order valence-corrected chi connectivity index (χ0v) is 9.76. The molecule has 0 atom stereocenters. The second-order valence-electron chi connectivity index (χ2n) is 3.56. The van der Waals surface area contributed by atoms with Gasteiger partial charge in [0.05, 0.1) is 18.4 Å². The summed E-state index contributed by atoms with van der Waals surface area (Å²) in [6.45, 7) is 0.577. The number of hydrogen-bond donors (Lipinski definition) is 2. The van der Waals surface area contributed by atoms with Crippen LogP contribution in [0.15, 0.2) is 42.7 Å². The van der Waals surface area contributed by atoms with Gasteiger partial charge in [0, 0.05) is 6.20 Å². The van der Waals surface area contributed by atoms with Crippen LogP contribution < -0.4 is 9.86 Å². The Morgan fingerprint density at radius 3 is 2.65 bits per heavy atom. The number of nitrogens with one attached hydrogen (secondary N) is 1. The average Bonchev–Trinajstić information content (AvgIpc) is 2.64. The van der Waals surface area contributed by atoms with Crippen molar-refractivity contribution in [3.05, 3.63) is 48.3 Å². The van der Waals surface area contributed by atoms with E-state index in [1.54, 1.807) is 10.9 Å². The largest absolute Gasteiger partial charge is 0.296 e. The fourth-order valence-electron chi connectivity index (χ4n) is 1.44. The Kier molecular flexibility index (Phi) is 3.12. The molecule has 90 valence electrons. The number of nitrogens with two attached hydrogens (primary N) is 1. The molecule has 0 saturated carbocycles. The summed E-state index contributed by atoms with van der Waals surface area (Å²) in [5, 5.41) is 8.88. The standard InChI is InChI=1S/C10H12N4O2S/c11-17(15,16)13-10-6-12-14(8-10)7-9-4-2-1-3-5-9/h1-6,8,13H,7H2,(H2,11,15,16). The Morgan fingerprint density at radius 1 is 1.29 bits per heavy atom. The smallest absolute Gasteiger partial charge is 0.268 e. The number of hydrogen-bond acceptors (Lipinski definition) is 3. The monoisotopic (exact) mass is 252 g/mol. The highest BCUT2D eigenvalue weighted by Crippen LogP contribution is 2.08. The van der Waals surface area contributed by atoms with Crippen molar-refractivity contribution in [2.75, 3.05) is 4.72 Å². The lowest BCUT2D eigenvalue weighted by molar-refractivity contribution is 0.603. The molecule has 0 amide bonds. The number of benzene rings is 1. The second kappa shape index (κ2) is 4.56. The first-order chi connectivity index (χ1) is 8.03. The van der Waals surface area contributed by atoms with Gasteiger partial charge in [0.1, 0.15) is 0 Å². The Balaban J connectivity index is 2.09. The molecular formula is C10H12N4O2S. The molecule has 0 aliphatic rings. The van der Waals surface area contributed by atoms with E-state index in [9.17, 15) is 8.42 Å². The number of anilines is 1. The lowest BCUT2D eigenvalue weighted by Crippen LogP contribution is -2.21. The third-order valence-corrected chi connectivity index (χ3v) is 2.60. The highest BCUT2D eigenvalue weighted by Gasteiger charge is 2.04. The molecule has 0 fully saturated rings. The molecule has 6 nitrogen and oxygen atoms in total. The number of rotatable bonds is 4. The van der Waals surface area contributed by atoms with Crippen LogP contribution in [0.3, 0.4) is 0 Å². The first kappa shape index (κ1) is 11.6. The van der Waals surface area contributed by atoms with Crippen molar-refractivity contribution in [3.63, 3.8) is 0 Å². The van der Waals surface area contributed by atoms with E-state index in [0.29, 0.717) is 12.2 Å². The molecule has 0 radical (unpaired) electrons. The quantitative estimate of drug-likeness (QED) is 0.832. The summed E-state index contributed by atoms with van der Waals surface area (Å²) in [6.07, 6.45) is 2.99. The Morgan fingerprint density at radius 2 is 2.00 bits per heavy atom.